The lowest BCUT2D eigenvalue weighted by molar-refractivity contribution is -0.135. The number of ether oxygens (including phenoxy) is 4. The van der Waals surface area contributed by atoms with E-state index in [1.807, 2.05) is 60.7 Å². The first-order valence-electron chi connectivity index (χ1n) is 12.0. The van der Waals surface area contributed by atoms with Gasteiger partial charge in [-0.25, -0.2) is 0 Å². The van der Waals surface area contributed by atoms with Crippen molar-refractivity contribution in [3.05, 3.63) is 101 Å². The third-order valence-corrected chi connectivity index (χ3v) is 6.67. The van der Waals surface area contributed by atoms with Crippen LogP contribution in [0.1, 0.15) is 39.6 Å². The lowest BCUT2D eigenvalue weighted by Crippen LogP contribution is -2.21. The molecule has 3 aliphatic heterocycles. The quantitative estimate of drug-likeness (QED) is 0.204. The summed E-state index contributed by atoms with van der Waals surface area (Å²) in [4.78, 5) is 25.8. The molecule has 0 bridgehead atoms. The maximum Gasteiger partial charge on any atom is 0.312 e. The minimum atomic E-state index is -0.454. The lowest BCUT2D eigenvalue weighted by Gasteiger charge is -2.24. The average molecular weight is 492 g/mol. The van der Waals surface area contributed by atoms with Crippen LogP contribution in [0.2, 0.25) is 0 Å². The van der Waals surface area contributed by atoms with E-state index in [2.05, 4.69) is 0 Å². The number of Topliss-reactive ketones (excluding diaryl/α,β-unsaturated/α-hetero) is 1. The molecule has 0 spiro atoms. The van der Waals surface area contributed by atoms with Gasteiger partial charge in [0, 0.05) is 11.1 Å². The number of benzene rings is 3. The highest BCUT2D eigenvalue weighted by Gasteiger charge is 2.39. The molecule has 7 nitrogen and oxygen atoms in total. The number of hydrogen-bond acceptors (Lipinski definition) is 7. The van der Waals surface area contributed by atoms with Gasteiger partial charge >= 0.3 is 5.97 Å². The molecule has 4 heterocycles. The number of furan rings is 1. The molecule has 0 saturated carbocycles. The van der Waals surface area contributed by atoms with E-state index in [0.717, 1.165) is 11.1 Å². The van der Waals surface area contributed by atoms with Crippen LogP contribution in [0.4, 0.5) is 0 Å². The Hall–Kier alpha value is -4.78. The fourth-order valence-corrected chi connectivity index (χ4v) is 4.95. The van der Waals surface area contributed by atoms with Crippen LogP contribution in [-0.2, 0) is 4.79 Å². The maximum absolute atomic E-state index is 13.3. The van der Waals surface area contributed by atoms with Crippen LogP contribution in [0.5, 0.6) is 23.0 Å². The van der Waals surface area contributed by atoms with Gasteiger partial charge in [0.2, 0.25) is 5.78 Å². The summed E-state index contributed by atoms with van der Waals surface area (Å²) in [7, 11) is 0. The molecule has 0 aliphatic carbocycles. The smallest absolute Gasteiger partial charge is 0.312 e. The van der Waals surface area contributed by atoms with Crippen molar-refractivity contribution in [2.45, 2.75) is 12.3 Å². The van der Waals surface area contributed by atoms with E-state index in [-0.39, 0.29) is 23.9 Å². The Morgan fingerprint density at radius 3 is 2.46 bits per heavy atom. The SMILES string of the molecule is O=C1CC(c2ccc(-c3ccccc3)o2)c2c(ccc3c2OC(=Cc2ccc4c(c2)OCCO4)C3=O)O1. The highest BCUT2D eigenvalue weighted by Crippen LogP contribution is 2.49. The van der Waals surface area contributed by atoms with Crippen LogP contribution in [0.25, 0.3) is 17.4 Å². The van der Waals surface area contributed by atoms with E-state index < -0.39 is 5.92 Å². The Bertz CT molecular complexity index is 1600. The largest absolute Gasteiger partial charge is 0.486 e. The van der Waals surface area contributed by atoms with Gasteiger partial charge in [0.05, 0.1) is 17.9 Å². The number of fused-ring (bicyclic) bond motifs is 4. The van der Waals surface area contributed by atoms with Gasteiger partial charge in [0.25, 0.3) is 0 Å². The van der Waals surface area contributed by atoms with Crippen molar-refractivity contribution in [1.29, 1.82) is 0 Å². The first-order chi connectivity index (χ1) is 18.1. The molecule has 4 aromatic rings. The molecule has 1 unspecified atom stereocenters. The van der Waals surface area contributed by atoms with E-state index in [0.29, 0.717) is 58.9 Å². The molecule has 0 N–H and O–H groups in total. The molecule has 1 aromatic heterocycles. The van der Waals surface area contributed by atoms with Gasteiger partial charge in [-0.1, -0.05) is 36.4 Å². The first kappa shape index (κ1) is 21.5. The zero-order valence-corrected chi connectivity index (χ0v) is 19.6. The number of hydrogen-bond donors (Lipinski definition) is 0. The molecule has 0 radical (unpaired) electrons. The molecule has 7 rings (SSSR count). The Morgan fingerprint density at radius 2 is 1.59 bits per heavy atom. The van der Waals surface area contributed by atoms with Crippen LogP contribution in [-0.4, -0.2) is 25.0 Å². The minimum absolute atomic E-state index is 0.0734. The van der Waals surface area contributed by atoms with Crippen molar-refractivity contribution in [3.8, 4) is 34.3 Å². The molecule has 37 heavy (non-hydrogen) atoms. The van der Waals surface area contributed by atoms with Gasteiger partial charge in [-0.3, -0.25) is 9.59 Å². The number of carbonyl (C=O) groups is 2. The highest BCUT2D eigenvalue weighted by atomic mass is 16.6. The summed E-state index contributed by atoms with van der Waals surface area (Å²) in [5.41, 5.74) is 2.72. The van der Waals surface area contributed by atoms with Crippen LogP contribution >= 0.6 is 0 Å². The van der Waals surface area contributed by atoms with Crippen LogP contribution < -0.4 is 18.9 Å². The Kier molecular flexibility index (Phi) is 4.89. The first-order valence-corrected chi connectivity index (χ1v) is 12.0. The molecule has 0 amide bonds. The molecule has 7 heteroatoms. The summed E-state index contributed by atoms with van der Waals surface area (Å²) in [6.07, 6.45) is 1.75. The summed E-state index contributed by atoms with van der Waals surface area (Å²) < 4.78 is 29.1. The van der Waals surface area contributed by atoms with Gasteiger partial charge in [0.15, 0.2) is 17.3 Å². The van der Waals surface area contributed by atoms with Crippen molar-refractivity contribution in [1.82, 2.24) is 0 Å². The predicted octanol–water partition coefficient (Wildman–Crippen LogP) is 5.78. The predicted molar refractivity (Wildman–Crippen MR) is 133 cm³/mol. The van der Waals surface area contributed by atoms with Crippen LogP contribution in [0.15, 0.2) is 83.0 Å². The van der Waals surface area contributed by atoms with Crippen molar-refractivity contribution >= 4 is 17.8 Å². The van der Waals surface area contributed by atoms with Crippen molar-refractivity contribution in [2.75, 3.05) is 13.2 Å². The van der Waals surface area contributed by atoms with Crippen molar-refractivity contribution in [2.24, 2.45) is 0 Å². The van der Waals surface area contributed by atoms with Crippen molar-refractivity contribution in [3.63, 3.8) is 0 Å². The number of ketones is 1. The summed E-state index contributed by atoms with van der Waals surface area (Å²) >= 11 is 0. The maximum atomic E-state index is 13.3. The minimum Gasteiger partial charge on any atom is -0.486 e. The highest BCUT2D eigenvalue weighted by molar-refractivity contribution is 6.15. The zero-order chi connectivity index (χ0) is 24.9. The molecule has 182 valence electrons. The third kappa shape index (κ3) is 3.67. The van der Waals surface area contributed by atoms with E-state index in [1.165, 1.54) is 0 Å². The molecule has 3 aromatic carbocycles. The second-order valence-electron chi connectivity index (χ2n) is 9.00. The molecule has 0 fully saturated rings. The fourth-order valence-electron chi connectivity index (χ4n) is 4.95. The second-order valence-corrected chi connectivity index (χ2v) is 9.00. The summed E-state index contributed by atoms with van der Waals surface area (Å²) in [5.74, 6) is 2.46. The molecule has 3 aliphatic rings. The lowest BCUT2D eigenvalue weighted by atomic mass is 9.88. The molecule has 0 saturated heterocycles. The zero-order valence-electron chi connectivity index (χ0n) is 19.6. The average Bonchev–Trinajstić information content (AvgIpc) is 3.54. The topological polar surface area (TPSA) is 84.2 Å². The third-order valence-electron chi connectivity index (χ3n) is 6.67. The van der Waals surface area contributed by atoms with Crippen molar-refractivity contribution < 1.29 is 33.0 Å². The standard InChI is InChI=1S/C30H20O7/c31-27-16-20(22-11-10-21(35-22)18-4-2-1-3-5-18)28-24(36-27)9-7-19-29(32)26(37-30(19)28)15-17-6-8-23-25(14-17)34-13-12-33-23/h1-11,14-15,20H,12-13,16H2. The van der Waals surface area contributed by atoms with Gasteiger partial charge < -0.3 is 23.4 Å². The number of esters is 1. The number of carbonyl (C=O) groups excluding carboxylic acids is 2. The van der Waals surface area contributed by atoms with E-state index in [9.17, 15) is 9.59 Å². The summed E-state index contributed by atoms with van der Waals surface area (Å²) in [6.45, 7) is 0.975. The van der Waals surface area contributed by atoms with Crippen LogP contribution in [0, 0.1) is 0 Å². The molecular weight excluding hydrogens is 472 g/mol. The number of rotatable bonds is 3. The summed E-state index contributed by atoms with van der Waals surface area (Å²) in [6, 6.07) is 22.2. The monoisotopic (exact) mass is 492 g/mol. The van der Waals surface area contributed by atoms with Gasteiger partial charge in [-0.05, 0) is 48.0 Å². The Balaban J connectivity index is 1.27. The fraction of sp³-hybridized carbons (Fsp3) is 0.133. The van der Waals surface area contributed by atoms with E-state index in [4.69, 9.17) is 23.4 Å². The second kappa shape index (κ2) is 8.41. The van der Waals surface area contributed by atoms with E-state index >= 15 is 0 Å². The van der Waals surface area contributed by atoms with Gasteiger partial charge in [0.1, 0.15) is 36.2 Å². The molecule has 1 atom stereocenters. The van der Waals surface area contributed by atoms with Gasteiger partial charge in [-0.2, -0.15) is 0 Å². The number of allylic oxidation sites excluding steroid dienone is 1. The Labute approximate surface area is 211 Å². The summed E-state index contributed by atoms with van der Waals surface area (Å²) in [5, 5.41) is 0. The normalized spacial score (nSPS) is 18.7. The Morgan fingerprint density at radius 1 is 0.784 bits per heavy atom. The molecular formula is C30H20O7. The van der Waals surface area contributed by atoms with Gasteiger partial charge in [-0.15, -0.1) is 0 Å². The van der Waals surface area contributed by atoms with Crippen LogP contribution in [0.3, 0.4) is 0 Å². The van der Waals surface area contributed by atoms with E-state index in [1.54, 1.807) is 18.2 Å².